The molecule has 0 aliphatic rings. The third-order valence-electron chi connectivity index (χ3n) is 1.97. The van der Waals surface area contributed by atoms with Gasteiger partial charge < -0.3 is 10.2 Å². The Balaban J connectivity index is 2.90. The largest absolute Gasteiger partial charge is 0.390 e. The summed E-state index contributed by atoms with van der Waals surface area (Å²) in [7, 11) is 0. The molecule has 5 nitrogen and oxygen atoms in total. The minimum absolute atomic E-state index is 0.374. The first kappa shape index (κ1) is 12.4. The molecular weight excluding hydrogens is 220 g/mol. The van der Waals surface area contributed by atoms with Gasteiger partial charge in [0.05, 0.1) is 12.6 Å². The van der Waals surface area contributed by atoms with Crippen LogP contribution in [0.15, 0.2) is 23.3 Å². The van der Waals surface area contributed by atoms with E-state index < -0.39 is 30.4 Å². The predicted molar refractivity (Wildman–Crippen MR) is 51.3 cm³/mol. The SMILES string of the molecule is [N-]=[N+]=NCC(O)C(O)c1cc(F)ccc1F. The Bertz CT molecular complexity index is 421. The summed E-state index contributed by atoms with van der Waals surface area (Å²) in [5.41, 5.74) is 7.62. The quantitative estimate of drug-likeness (QED) is 0.467. The summed E-state index contributed by atoms with van der Waals surface area (Å²) in [6.45, 7) is -0.423. The summed E-state index contributed by atoms with van der Waals surface area (Å²) in [5.74, 6) is -1.57. The molecule has 0 heterocycles. The number of hydrogen-bond acceptors (Lipinski definition) is 3. The van der Waals surface area contributed by atoms with E-state index in [1.165, 1.54) is 0 Å². The van der Waals surface area contributed by atoms with E-state index in [0.717, 1.165) is 18.2 Å². The first-order chi connectivity index (χ1) is 7.56. The normalized spacial score (nSPS) is 14.0. The molecule has 1 aromatic rings. The molecule has 0 saturated heterocycles. The fourth-order valence-corrected chi connectivity index (χ4v) is 1.17. The summed E-state index contributed by atoms with van der Waals surface area (Å²) < 4.78 is 25.9. The van der Waals surface area contributed by atoms with Crippen LogP contribution in [0.5, 0.6) is 0 Å². The van der Waals surface area contributed by atoms with Gasteiger partial charge >= 0.3 is 0 Å². The molecule has 0 spiro atoms. The molecule has 7 heteroatoms. The Morgan fingerprint density at radius 3 is 2.69 bits per heavy atom. The fraction of sp³-hybridized carbons (Fsp3) is 0.333. The van der Waals surface area contributed by atoms with E-state index in [2.05, 4.69) is 10.0 Å². The molecule has 0 fully saturated rings. The van der Waals surface area contributed by atoms with Crippen molar-refractivity contribution in [3.8, 4) is 0 Å². The van der Waals surface area contributed by atoms with E-state index in [1.807, 2.05) is 0 Å². The fourth-order valence-electron chi connectivity index (χ4n) is 1.17. The van der Waals surface area contributed by atoms with E-state index in [1.54, 1.807) is 0 Å². The van der Waals surface area contributed by atoms with Crippen molar-refractivity contribution in [3.63, 3.8) is 0 Å². The van der Waals surface area contributed by atoms with Gasteiger partial charge in [0.2, 0.25) is 0 Å². The second-order valence-corrected chi connectivity index (χ2v) is 3.09. The van der Waals surface area contributed by atoms with Crippen LogP contribution in [-0.2, 0) is 0 Å². The minimum atomic E-state index is -1.64. The first-order valence-electron chi connectivity index (χ1n) is 4.38. The molecule has 0 bridgehead atoms. The number of halogens is 2. The van der Waals surface area contributed by atoms with E-state index in [-0.39, 0.29) is 5.56 Å². The van der Waals surface area contributed by atoms with Gasteiger partial charge in [0.15, 0.2) is 0 Å². The highest BCUT2D eigenvalue weighted by Gasteiger charge is 2.21. The molecule has 86 valence electrons. The molecule has 2 unspecified atom stereocenters. The van der Waals surface area contributed by atoms with E-state index >= 15 is 0 Å². The molecule has 2 N–H and O–H groups in total. The number of aliphatic hydroxyl groups is 2. The predicted octanol–water partition coefficient (Wildman–Crippen LogP) is 1.67. The number of nitrogens with zero attached hydrogens (tertiary/aromatic N) is 3. The average molecular weight is 229 g/mol. The van der Waals surface area contributed by atoms with Crippen molar-refractivity contribution in [1.29, 1.82) is 0 Å². The summed E-state index contributed by atoms with van der Waals surface area (Å²) in [6.07, 6.45) is -3.12. The van der Waals surface area contributed by atoms with Gasteiger partial charge in [-0.1, -0.05) is 5.11 Å². The maximum Gasteiger partial charge on any atom is 0.129 e. The van der Waals surface area contributed by atoms with Crippen molar-refractivity contribution in [3.05, 3.63) is 45.8 Å². The van der Waals surface area contributed by atoms with Crippen LogP contribution in [0.2, 0.25) is 0 Å². The van der Waals surface area contributed by atoms with Crippen molar-refractivity contribution < 1.29 is 19.0 Å². The van der Waals surface area contributed by atoms with Crippen molar-refractivity contribution in [2.24, 2.45) is 5.11 Å². The maximum atomic E-state index is 13.2. The zero-order chi connectivity index (χ0) is 12.1. The molecule has 0 aliphatic heterocycles. The Morgan fingerprint density at radius 1 is 1.38 bits per heavy atom. The van der Waals surface area contributed by atoms with Crippen LogP contribution >= 0.6 is 0 Å². The van der Waals surface area contributed by atoms with Gasteiger partial charge in [-0.15, -0.1) is 0 Å². The molecule has 0 saturated carbocycles. The van der Waals surface area contributed by atoms with E-state index in [9.17, 15) is 19.0 Å². The second kappa shape index (κ2) is 5.41. The standard InChI is InChI=1S/C9H9F2N3O2/c10-5-1-2-7(11)6(3-5)9(16)8(15)4-13-14-12/h1-3,8-9,15-16H,4H2. The van der Waals surface area contributed by atoms with Gasteiger partial charge in [0.1, 0.15) is 17.7 Å². The Labute approximate surface area is 89.6 Å². The van der Waals surface area contributed by atoms with Gasteiger partial charge in [-0.05, 0) is 23.7 Å². The zero-order valence-electron chi connectivity index (χ0n) is 8.09. The molecule has 0 radical (unpaired) electrons. The summed E-state index contributed by atoms with van der Waals surface area (Å²) in [5, 5.41) is 21.8. The number of rotatable bonds is 4. The van der Waals surface area contributed by atoms with Gasteiger partial charge in [0, 0.05) is 10.5 Å². The van der Waals surface area contributed by atoms with Crippen LogP contribution < -0.4 is 0 Å². The topological polar surface area (TPSA) is 89.2 Å². The van der Waals surface area contributed by atoms with Crippen LogP contribution in [-0.4, -0.2) is 22.9 Å². The number of benzene rings is 1. The molecule has 16 heavy (non-hydrogen) atoms. The number of azide groups is 1. The van der Waals surface area contributed by atoms with E-state index in [0.29, 0.717) is 0 Å². The van der Waals surface area contributed by atoms with Gasteiger partial charge in [-0.2, -0.15) is 0 Å². The van der Waals surface area contributed by atoms with Gasteiger partial charge in [-0.3, -0.25) is 0 Å². The smallest absolute Gasteiger partial charge is 0.129 e. The van der Waals surface area contributed by atoms with Gasteiger partial charge in [-0.25, -0.2) is 8.78 Å². The molecule has 2 atom stereocenters. The van der Waals surface area contributed by atoms with Crippen LogP contribution in [0.1, 0.15) is 11.7 Å². The maximum absolute atomic E-state index is 13.2. The third kappa shape index (κ3) is 2.90. The van der Waals surface area contributed by atoms with Crippen LogP contribution in [0.3, 0.4) is 0 Å². The lowest BCUT2D eigenvalue weighted by Crippen LogP contribution is -2.22. The minimum Gasteiger partial charge on any atom is -0.390 e. The van der Waals surface area contributed by atoms with Crippen molar-refractivity contribution in [2.75, 3.05) is 6.54 Å². The lowest BCUT2D eigenvalue weighted by atomic mass is 10.0. The molecule has 0 aromatic heterocycles. The average Bonchev–Trinajstić information content (AvgIpc) is 2.28. The Morgan fingerprint density at radius 2 is 2.06 bits per heavy atom. The molecule has 0 aliphatic carbocycles. The van der Waals surface area contributed by atoms with Crippen molar-refractivity contribution in [1.82, 2.24) is 0 Å². The van der Waals surface area contributed by atoms with Crippen LogP contribution in [0.4, 0.5) is 8.78 Å². The van der Waals surface area contributed by atoms with E-state index in [4.69, 9.17) is 5.53 Å². The molecule has 1 aromatic carbocycles. The van der Waals surface area contributed by atoms with Crippen molar-refractivity contribution in [2.45, 2.75) is 12.2 Å². The lowest BCUT2D eigenvalue weighted by molar-refractivity contribution is 0.0221. The number of hydrogen-bond donors (Lipinski definition) is 2. The Kier molecular flexibility index (Phi) is 4.19. The third-order valence-corrected chi connectivity index (χ3v) is 1.97. The van der Waals surface area contributed by atoms with Crippen LogP contribution in [0.25, 0.3) is 10.4 Å². The second-order valence-electron chi connectivity index (χ2n) is 3.09. The monoisotopic (exact) mass is 229 g/mol. The Hall–Kier alpha value is -1.69. The van der Waals surface area contributed by atoms with Crippen LogP contribution in [0, 0.1) is 11.6 Å². The number of aliphatic hydroxyl groups excluding tert-OH is 2. The highest BCUT2D eigenvalue weighted by atomic mass is 19.1. The molecular formula is C9H9F2N3O2. The first-order valence-corrected chi connectivity index (χ1v) is 4.38. The summed E-state index contributed by atoms with van der Waals surface area (Å²) in [4.78, 5) is 2.38. The van der Waals surface area contributed by atoms with Gasteiger partial charge in [0.25, 0.3) is 0 Å². The van der Waals surface area contributed by atoms with Crippen molar-refractivity contribution >= 4 is 0 Å². The summed E-state index contributed by atoms with van der Waals surface area (Å²) in [6, 6.07) is 2.51. The zero-order valence-corrected chi connectivity index (χ0v) is 8.09. The lowest BCUT2D eigenvalue weighted by Gasteiger charge is -2.16. The highest BCUT2D eigenvalue weighted by Crippen LogP contribution is 2.21. The molecule has 0 amide bonds. The highest BCUT2D eigenvalue weighted by molar-refractivity contribution is 5.22. The summed E-state index contributed by atoms with van der Waals surface area (Å²) >= 11 is 0. The molecule has 1 rings (SSSR count).